The monoisotopic (exact) mass is 290 g/mol. The zero-order valence-electron chi connectivity index (χ0n) is 12.3. The average molecular weight is 290 g/mol. The molecule has 0 aromatic heterocycles. The van der Waals surface area contributed by atoms with Gasteiger partial charge in [0.05, 0.1) is 6.54 Å². The molecule has 0 spiro atoms. The van der Waals surface area contributed by atoms with Crippen molar-refractivity contribution in [3.05, 3.63) is 35.4 Å². The molecule has 6 nitrogen and oxygen atoms in total. The van der Waals surface area contributed by atoms with Gasteiger partial charge in [-0.15, -0.1) is 0 Å². The second kappa shape index (κ2) is 7.08. The van der Waals surface area contributed by atoms with E-state index in [1.54, 1.807) is 0 Å². The van der Waals surface area contributed by atoms with Gasteiger partial charge in [-0.1, -0.05) is 30.3 Å². The van der Waals surface area contributed by atoms with Crippen LogP contribution in [0.1, 0.15) is 22.8 Å². The molecule has 0 bridgehead atoms. The van der Waals surface area contributed by atoms with Gasteiger partial charge in [0, 0.05) is 31.7 Å². The van der Waals surface area contributed by atoms with Gasteiger partial charge in [0.2, 0.25) is 0 Å². The smallest absolute Gasteiger partial charge is 0.254 e. The Morgan fingerprint density at radius 3 is 2.57 bits per heavy atom. The molecule has 1 saturated heterocycles. The molecule has 1 amide bonds. The molecule has 1 aliphatic rings. The first-order valence-electron chi connectivity index (χ1n) is 7.21. The third-order valence-electron chi connectivity index (χ3n) is 3.80. The highest BCUT2D eigenvalue weighted by Crippen LogP contribution is 2.14. The standard InChI is InChI=1S/C15H22N4O2/c1-2-12-5-3-4-6-13(12)15(20)19-9-7-18(8-10-19)11-14(16)17-21/h3-6,21H,2,7-11H2,1H3,(H2,16,17). The van der Waals surface area contributed by atoms with Crippen molar-refractivity contribution < 1.29 is 10.0 Å². The van der Waals surface area contributed by atoms with E-state index in [4.69, 9.17) is 10.9 Å². The van der Waals surface area contributed by atoms with Crippen LogP contribution in [0.4, 0.5) is 0 Å². The third kappa shape index (κ3) is 3.72. The number of nitrogens with zero attached hydrogens (tertiary/aromatic N) is 3. The number of amides is 1. The summed E-state index contributed by atoms with van der Waals surface area (Å²) < 4.78 is 0. The van der Waals surface area contributed by atoms with E-state index in [0.29, 0.717) is 19.6 Å². The number of oxime groups is 1. The molecule has 0 saturated carbocycles. The van der Waals surface area contributed by atoms with Crippen molar-refractivity contribution in [2.75, 3.05) is 32.7 Å². The highest BCUT2D eigenvalue weighted by atomic mass is 16.4. The van der Waals surface area contributed by atoms with Gasteiger partial charge < -0.3 is 15.8 Å². The van der Waals surface area contributed by atoms with Crippen LogP contribution in [-0.4, -0.2) is 59.5 Å². The molecule has 21 heavy (non-hydrogen) atoms. The Balaban J connectivity index is 1.97. The van der Waals surface area contributed by atoms with E-state index in [-0.39, 0.29) is 11.7 Å². The number of hydrogen-bond donors (Lipinski definition) is 2. The van der Waals surface area contributed by atoms with Crippen LogP contribution in [0, 0.1) is 0 Å². The molecule has 3 N–H and O–H groups in total. The van der Waals surface area contributed by atoms with Crippen LogP contribution in [0.2, 0.25) is 0 Å². The normalized spacial score (nSPS) is 17.0. The van der Waals surface area contributed by atoms with Gasteiger partial charge in [-0.25, -0.2) is 0 Å². The van der Waals surface area contributed by atoms with E-state index in [1.807, 2.05) is 29.2 Å². The number of aryl methyl sites for hydroxylation is 1. The summed E-state index contributed by atoms with van der Waals surface area (Å²) in [5.74, 6) is 0.294. The highest BCUT2D eigenvalue weighted by molar-refractivity contribution is 5.95. The van der Waals surface area contributed by atoms with Crippen LogP contribution in [-0.2, 0) is 6.42 Å². The van der Waals surface area contributed by atoms with Gasteiger partial charge >= 0.3 is 0 Å². The number of nitrogens with two attached hydrogens (primary N) is 1. The van der Waals surface area contributed by atoms with Gasteiger partial charge in [0.15, 0.2) is 5.84 Å². The lowest BCUT2D eigenvalue weighted by atomic mass is 10.0. The van der Waals surface area contributed by atoms with Crippen LogP contribution in [0.3, 0.4) is 0 Å². The van der Waals surface area contributed by atoms with Crippen molar-refractivity contribution in [3.8, 4) is 0 Å². The van der Waals surface area contributed by atoms with Crippen LogP contribution >= 0.6 is 0 Å². The summed E-state index contributed by atoms with van der Waals surface area (Å²) in [4.78, 5) is 16.5. The van der Waals surface area contributed by atoms with Crippen molar-refractivity contribution in [3.63, 3.8) is 0 Å². The van der Waals surface area contributed by atoms with Crippen molar-refractivity contribution >= 4 is 11.7 Å². The first kappa shape index (κ1) is 15.3. The van der Waals surface area contributed by atoms with E-state index >= 15 is 0 Å². The van der Waals surface area contributed by atoms with Crippen molar-refractivity contribution in [2.45, 2.75) is 13.3 Å². The number of carbonyl (C=O) groups excluding carboxylic acids is 1. The molecule has 0 aliphatic carbocycles. The number of rotatable bonds is 4. The minimum absolute atomic E-state index is 0.0934. The largest absolute Gasteiger partial charge is 0.409 e. The molecular formula is C15H22N4O2. The maximum atomic E-state index is 12.6. The fourth-order valence-electron chi connectivity index (χ4n) is 2.58. The number of hydrogen-bond acceptors (Lipinski definition) is 4. The molecule has 1 fully saturated rings. The molecule has 114 valence electrons. The minimum atomic E-state index is 0.0934. The highest BCUT2D eigenvalue weighted by Gasteiger charge is 2.23. The van der Waals surface area contributed by atoms with E-state index < -0.39 is 0 Å². The Bertz CT molecular complexity index is 522. The molecule has 6 heteroatoms. The van der Waals surface area contributed by atoms with E-state index in [0.717, 1.165) is 30.6 Å². The zero-order valence-corrected chi connectivity index (χ0v) is 12.3. The SMILES string of the molecule is CCc1ccccc1C(=O)N1CCN(C/C(N)=N/O)CC1. The van der Waals surface area contributed by atoms with Gasteiger partial charge in [0.25, 0.3) is 5.91 Å². The molecule has 0 unspecified atom stereocenters. The maximum absolute atomic E-state index is 12.6. The summed E-state index contributed by atoms with van der Waals surface area (Å²) >= 11 is 0. The summed E-state index contributed by atoms with van der Waals surface area (Å²) in [7, 11) is 0. The average Bonchev–Trinajstić information content (AvgIpc) is 2.54. The predicted octanol–water partition coefficient (Wildman–Crippen LogP) is 0.753. The van der Waals surface area contributed by atoms with Gasteiger partial charge in [-0.2, -0.15) is 0 Å². The third-order valence-corrected chi connectivity index (χ3v) is 3.80. The number of amidine groups is 1. The second-order valence-electron chi connectivity index (χ2n) is 5.17. The molecule has 1 aromatic rings. The van der Waals surface area contributed by atoms with Crippen molar-refractivity contribution in [1.82, 2.24) is 9.80 Å². The fraction of sp³-hybridized carbons (Fsp3) is 0.467. The van der Waals surface area contributed by atoms with Gasteiger partial charge in [0.1, 0.15) is 0 Å². The molecule has 1 aromatic carbocycles. The molecule has 2 rings (SSSR count). The Hall–Kier alpha value is -2.08. The van der Waals surface area contributed by atoms with Crippen LogP contribution < -0.4 is 5.73 Å². The molecule has 1 aliphatic heterocycles. The zero-order chi connectivity index (χ0) is 15.2. The fourth-order valence-corrected chi connectivity index (χ4v) is 2.58. The van der Waals surface area contributed by atoms with Crippen molar-refractivity contribution in [2.24, 2.45) is 10.9 Å². The summed E-state index contributed by atoms with van der Waals surface area (Å²) in [5, 5.41) is 11.6. The Kier molecular flexibility index (Phi) is 5.16. The minimum Gasteiger partial charge on any atom is -0.409 e. The Morgan fingerprint density at radius 1 is 1.29 bits per heavy atom. The Morgan fingerprint density at radius 2 is 1.95 bits per heavy atom. The predicted molar refractivity (Wildman–Crippen MR) is 81.6 cm³/mol. The van der Waals surface area contributed by atoms with E-state index in [2.05, 4.69) is 17.0 Å². The quantitative estimate of drug-likeness (QED) is 0.371. The van der Waals surface area contributed by atoms with Crippen LogP contribution in [0.5, 0.6) is 0 Å². The molecule has 0 atom stereocenters. The Labute approximate surface area is 124 Å². The van der Waals surface area contributed by atoms with Gasteiger partial charge in [-0.05, 0) is 18.1 Å². The number of benzene rings is 1. The lowest BCUT2D eigenvalue weighted by molar-refractivity contribution is 0.0652. The van der Waals surface area contributed by atoms with Crippen LogP contribution in [0.25, 0.3) is 0 Å². The lowest BCUT2D eigenvalue weighted by Crippen LogP contribution is -2.50. The van der Waals surface area contributed by atoms with Crippen molar-refractivity contribution in [1.29, 1.82) is 0 Å². The first-order chi connectivity index (χ1) is 10.2. The first-order valence-corrected chi connectivity index (χ1v) is 7.21. The lowest BCUT2D eigenvalue weighted by Gasteiger charge is -2.34. The summed E-state index contributed by atoms with van der Waals surface area (Å²) in [6.45, 7) is 5.28. The van der Waals surface area contributed by atoms with Gasteiger partial charge in [-0.3, -0.25) is 9.69 Å². The number of carbonyl (C=O) groups is 1. The maximum Gasteiger partial charge on any atom is 0.254 e. The topological polar surface area (TPSA) is 82.2 Å². The molecule has 1 heterocycles. The summed E-state index contributed by atoms with van der Waals surface area (Å²) in [5.41, 5.74) is 7.39. The summed E-state index contributed by atoms with van der Waals surface area (Å²) in [6.07, 6.45) is 0.853. The van der Waals surface area contributed by atoms with E-state index in [1.165, 1.54) is 0 Å². The molecular weight excluding hydrogens is 268 g/mol. The summed E-state index contributed by atoms with van der Waals surface area (Å²) in [6, 6.07) is 7.76. The number of piperazine rings is 1. The van der Waals surface area contributed by atoms with E-state index in [9.17, 15) is 4.79 Å². The van der Waals surface area contributed by atoms with Crippen LogP contribution in [0.15, 0.2) is 29.4 Å². The second-order valence-corrected chi connectivity index (χ2v) is 5.17. The molecule has 0 radical (unpaired) electrons.